The van der Waals surface area contributed by atoms with E-state index in [9.17, 15) is 9.18 Å². The second-order valence-electron chi connectivity index (χ2n) is 4.37. The van der Waals surface area contributed by atoms with Gasteiger partial charge in [-0.15, -0.1) is 0 Å². The first-order chi connectivity index (χ1) is 9.47. The maximum Gasteiger partial charge on any atom is 0.251 e. The van der Waals surface area contributed by atoms with Crippen LogP contribution in [-0.2, 0) is 0 Å². The van der Waals surface area contributed by atoms with Crippen molar-refractivity contribution >= 4 is 29.1 Å². The summed E-state index contributed by atoms with van der Waals surface area (Å²) in [6.45, 7) is 1.82. The van der Waals surface area contributed by atoms with Gasteiger partial charge < -0.3 is 5.32 Å². The fourth-order valence-electron chi connectivity index (χ4n) is 1.81. The van der Waals surface area contributed by atoms with E-state index in [0.29, 0.717) is 15.6 Å². The molecule has 0 radical (unpaired) electrons. The zero-order valence-corrected chi connectivity index (χ0v) is 12.2. The Balaban J connectivity index is 2.12. The lowest BCUT2D eigenvalue weighted by molar-refractivity contribution is 0.0940. The van der Waals surface area contributed by atoms with E-state index in [1.807, 2.05) is 6.92 Å². The second kappa shape index (κ2) is 6.25. The van der Waals surface area contributed by atoms with Crippen LogP contribution in [0.5, 0.6) is 0 Å². The first-order valence-electron chi connectivity index (χ1n) is 5.99. The molecule has 20 heavy (non-hydrogen) atoms. The predicted octanol–water partition coefficient (Wildman–Crippen LogP) is 4.62. The fourth-order valence-corrected chi connectivity index (χ4v) is 2.38. The molecule has 0 aliphatic carbocycles. The lowest BCUT2D eigenvalue weighted by atomic mass is 10.1. The molecule has 1 atom stereocenters. The molecule has 5 heteroatoms. The van der Waals surface area contributed by atoms with Crippen LogP contribution in [0.15, 0.2) is 42.5 Å². The maximum atomic E-state index is 12.8. The van der Waals surface area contributed by atoms with Crippen molar-refractivity contribution in [1.82, 2.24) is 5.32 Å². The van der Waals surface area contributed by atoms with Gasteiger partial charge in [0.1, 0.15) is 5.82 Å². The molecule has 1 amide bonds. The number of carbonyl (C=O) groups excluding carboxylic acids is 1. The van der Waals surface area contributed by atoms with Crippen LogP contribution in [0, 0.1) is 5.82 Å². The normalized spacial score (nSPS) is 12.0. The molecule has 0 spiro atoms. The third-order valence-corrected chi connectivity index (χ3v) is 3.45. The molecule has 0 fully saturated rings. The van der Waals surface area contributed by atoms with Crippen LogP contribution in [0.1, 0.15) is 28.9 Å². The molecule has 0 heterocycles. The Morgan fingerprint density at radius 2 is 1.80 bits per heavy atom. The van der Waals surface area contributed by atoms with E-state index in [0.717, 1.165) is 5.56 Å². The van der Waals surface area contributed by atoms with E-state index >= 15 is 0 Å². The molecule has 0 saturated heterocycles. The van der Waals surface area contributed by atoms with Gasteiger partial charge in [-0.25, -0.2) is 4.39 Å². The number of nitrogens with one attached hydrogen (secondary N) is 1. The average Bonchev–Trinajstić information content (AvgIpc) is 2.39. The smallest absolute Gasteiger partial charge is 0.251 e. The van der Waals surface area contributed by atoms with Gasteiger partial charge >= 0.3 is 0 Å². The van der Waals surface area contributed by atoms with Crippen molar-refractivity contribution in [2.24, 2.45) is 0 Å². The van der Waals surface area contributed by atoms with Crippen LogP contribution in [0.25, 0.3) is 0 Å². The Bertz CT molecular complexity index is 628. The fraction of sp³-hybridized carbons (Fsp3) is 0.133. The summed E-state index contributed by atoms with van der Waals surface area (Å²) in [5.41, 5.74) is 1.16. The minimum absolute atomic E-state index is 0.280. The summed E-state index contributed by atoms with van der Waals surface area (Å²) < 4.78 is 12.8. The molecule has 2 nitrogen and oxygen atoms in total. The van der Waals surface area contributed by atoms with Gasteiger partial charge in [0.2, 0.25) is 0 Å². The Morgan fingerprint density at radius 1 is 1.15 bits per heavy atom. The summed E-state index contributed by atoms with van der Waals surface area (Å²) in [6, 6.07) is 10.2. The van der Waals surface area contributed by atoms with Gasteiger partial charge in [-0.2, -0.15) is 0 Å². The molecule has 0 bridgehead atoms. The number of amides is 1. The number of carbonyl (C=O) groups is 1. The second-order valence-corrected chi connectivity index (χ2v) is 5.21. The summed E-state index contributed by atoms with van der Waals surface area (Å²) in [4.78, 5) is 12.0. The molecular weight excluding hydrogens is 300 g/mol. The highest BCUT2D eigenvalue weighted by Crippen LogP contribution is 2.26. The first-order valence-corrected chi connectivity index (χ1v) is 6.74. The van der Waals surface area contributed by atoms with Gasteiger partial charge in [0.05, 0.1) is 6.04 Å². The summed E-state index contributed by atoms with van der Waals surface area (Å²) in [5, 5.41) is 3.83. The van der Waals surface area contributed by atoms with Crippen molar-refractivity contribution in [2.75, 3.05) is 0 Å². The highest BCUT2D eigenvalue weighted by atomic mass is 35.5. The average molecular weight is 312 g/mol. The number of benzene rings is 2. The molecule has 104 valence electrons. The van der Waals surface area contributed by atoms with Crippen molar-refractivity contribution in [3.63, 3.8) is 0 Å². The minimum atomic E-state index is -0.379. The van der Waals surface area contributed by atoms with E-state index in [-0.39, 0.29) is 17.8 Å². The highest BCUT2D eigenvalue weighted by Gasteiger charge is 2.14. The molecule has 0 aliphatic heterocycles. The van der Waals surface area contributed by atoms with Gasteiger partial charge in [-0.1, -0.05) is 29.3 Å². The third kappa shape index (κ3) is 3.50. The first kappa shape index (κ1) is 14.8. The topological polar surface area (TPSA) is 29.1 Å². The summed E-state index contributed by atoms with van der Waals surface area (Å²) in [6.07, 6.45) is 0. The molecule has 0 aliphatic rings. The van der Waals surface area contributed by atoms with Crippen molar-refractivity contribution in [3.8, 4) is 0 Å². The van der Waals surface area contributed by atoms with Crippen LogP contribution in [0.2, 0.25) is 10.0 Å². The monoisotopic (exact) mass is 311 g/mol. The Morgan fingerprint density at radius 3 is 2.40 bits per heavy atom. The molecule has 2 aromatic rings. The van der Waals surface area contributed by atoms with Gasteiger partial charge in [0.15, 0.2) is 0 Å². The maximum absolute atomic E-state index is 12.8. The van der Waals surface area contributed by atoms with Crippen LogP contribution in [-0.4, -0.2) is 5.91 Å². The molecule has 0 unspecified atom stereocenters. The minimum Gasteiger partial charge on any atom is -0.345 e. The number of hydrogen-bond acceptors (Lipinski definition) is 1. The number of halogens is 3. The third-order valence-electron chi connectivity index (χ3n) is 2.88. The van der Waals surface area contributed by atoms with Crippen LogP contribution in [0.4, 0.5) is 4.39 Å². The van der Waals surface area contributed by atoms with E-state index < -0.39 is 0 Å². The predicted molar refractivity (Wildman–Crippen MR) is 78.7 cm³/mol. The van der Waals surface area contributed by atoms with E-state index in [1.54, 1.807) is 18.2 Å². The Labute approximate surface area is 126 Å². The van der Waals surface area contributed by atoms with Gasteiger partial charge in [0.25, 0.3) is 5.91 Å². The van der Waals surface area contributed by atoms with Gasteiger partial charge in [-0.3, -0.25) is 4.79 Å². The van der Waals surface area contributed by atoms with Crippen LogP contribution in [0.3, 0.4) is 0 Å². The molecule has 1 N–H and O–H groups in total. The zero-order valence-electron chi connectivity index (χ0n) is 10.7. The molecule has 0 aromatic heterocycles. The van der Waals surface area contributed by atoms with E-state index in [4.69, 9.17) is 23.2 Å². The Kier molecular flexibility index (Phi) is 4.63. The van der Waals surface area contributed by atoms with Crippen molar-refractivity contribution < 1.29 is 9.18 Å². The lowest BCUT2D eigenvalue weighted by Gasteiger charge is -2.16. The number of hydrogen-bond donors (Lipinski definition) is 1. The largest absolute Gasteiger partial charge is 0.345 e. The lowest BCUT2D eigenvalue weighted by Crippen LogP contribution is -2.26. The highest BCUT2D eigenvalue weighted by molar-refractivity contribution is 6.35. The van der Waals surface area contributed by atoms with Gasteiger partial charge in [0, 0.05) is 15.6 Å². The molecule has 2 rings (SSSR count). The van der Waals surface area contributed by atoms with Crippen molar-refractivity contribution in [1.29, 1.82) is 0 Å². The Hall–Kier alpha value is -1.58. The molecule has 0 saturated carbocycles. The standard InChI is InChI=1S/C15H12Cl2FNO/c1-9(13-7-4-11(16)8-14(13)17)19-15(20)10-2-5-12(18)6-3-10/h2-9H,1H3,(H,19,20)/t9-/m0/s1. The van der Waals surface area contributed by atoms with Gasteiger partial charge in [-0.05, 0) is 48.9 Å². The summed E-state index contributed by atoms with van der Waals surface area (Å²) in [7, 11) is 0. The molecule has 2 aromatic carbocycles. The van der Waals surface area contributed by atoms with Crippen molar-refractivity contribution in [2.45, 2.75) is 13.0 Å². The molecular formula is C15H12Cl2FNO. The zero-order chi connectivity index (χ0) is 14.7. The SMILES string of the molecule is C[C@H](NC(=O)c1ccc(F)cc1)c1ccc(Cl)cc1Cl. The van der Waals surface area contributed by atoms with Crippen LogP contribution < -0.4 is 5.32 Å². The van der Waals surface area contributed by atoms with Crippen molar-refractivity contribution in [3.05, 3.63) is 69.5 Å². The quantitative estimate of drug-likeness (QED) is 0.880. The van der Waals surface area contributed by atoms with E-state index in [1.165, 1.54) is 24.3 Å². The summed E-state index contributed by atoms with van der Waals surface area (Å²) in [5.74, 6) is -0.668. The van der Waals surface area contributed by atoms with Crippen LogP contribution >= 0.6 is 23.2 Å². The summed E-state index contributed by atoms with van der Waals surface area (Å²) >= 11 is 11.9. The van der Waals surface area contributed by atoms with E-state index in [2.05, 4.69) is 5.32 Å². The number of rotatable bonds is 3.